The summed E-state index contributed by atoms with van der Waals surface area (Å²) in [5, 5.41) is 0. The van der Waals surface area contributed by atoms with Crippen LogP contribution < -0.4 is 0 Å². The molecule has 28 heavy (non-hydrogen) atoms. The van der Waals surface area contributed by atoms with E-state index in [0.29, 0.717) is 0 Å². The van der Waals surface area contributed by atoms with Crippen molar-refractivity contribution >= 4 is 5.97 Å². The van der Waals surface area contributed by atoms with Gasteiger partial charge in [-0.3, -0.25) is 4.79 Å². The lowest BCUT2D eigenvalue weighted by atomic mass is 9.68. The van der Waals surface area contributed by atoms with Crippen LogP contribution >= 0.6 is 0 Å². The Morgan fingerprint density at radius 2 is 1.36 bits per heavy atom. The molecule has 0 aromatic rings. The molecule has 2 aliphatic rings. The lowest BCUT2D eigenvalue weighted by Gasteiger charge is -2.37. The van der Waals surface area contributed by atoms with Crippen LogP contribution in [0.4, 0.5) is 0 Å². The van der Waals surface area contributed by atoms with E-state index in [0.717, 1.165) is 37.0 Å². The third-order valence-electron chi connectivity index (χ3n) is 7.66. The van der Waals surface area contributed by atoms with Crippen molar-refractivity contribution in [2.75, 3.05) is 0 Å². The van der Waals surface area contributed by atoms with Gasteiger partial charge in [-0.1, -0.05) is 71.6 Å². The first kappa shape index (κ1) is 23.7. The molecule has 2 rings (SSSR count). The Morgan fingerprint density at radius 3 is 1.96 bits per heavy atom. The van der Waals surface area contributed by atoms with Crippen molar-refractivity contribution < 1.29 is 9.53 Å². The molecule has 2 heteroatoms. The van der Waals surface area contributed by atoms with Crippen LogP contribution in [-0.4, -0.2) is 12.1 Å². The second-order valence-corrected chi connectivity index (χ2v) is 9.99. The van der Waals surface area contributed by atoms with E-state index >= 15 is 0 Å². The van der Waals surface area contributed by atoms with E-state index in [1.807, 2.05) is 0 Å². The van der Waals surface area contributed by atoms with Crippen molar-refractivity contribution in [2.45, 2.75) is 136 Å². The number of carbonyl (C=O) groups is 1. The summed E-state index contributed by atoms with van der Waals surface area (Å²) in [6.45, 7) is 6.62. The first-order valence-electron chi connectivity index (χ1n) is 12.8. The van der Waals surface area contributed by atoms with Gasteiger partial charge >= 0.3 is 5.97 Å². The number of rotatable bonds is 12. The Kier molecular flexibility index (Phi) is 11.6. The van der Waals surface area contributed by atoms with Crippen molar-refractivity contribution in [1.82, 2.24) is 0 Å². The predicted molar refractivity (Wildman–Crippen MR) is 119 cm³/mol. The fourth-order valence-electron chi connectivity index (χ4n) is 5.67. The predicted octanol–water partition coefficient (Wildman–Crippen LogP) is 8.08. The summed E-state index contributed by atoms with van der Waals surface area (Å²) in [5.74, 6) is 3.11. The molecule has 2 aliphatic carbocycles. The summed E-state index contributed by atoms with van der Waals surface area (Å²) in [6.07, 6.45) is 22.3. The summed E-state index contributed by atoms with van der Waals surface area (Å²) in [7, 11) is 0. The molecule has 0 unspecified atom stereocenters. The molecule has 0 bridgehead atoms. The van der Waals surface area contributed by atoms with E-state index in [1.165, 1.54) is 89.9 Å². The second kappa shape index (κ2) is 13.6. The van der Waals surface area contributed by atoms with Crippen LogP contribution in [0, 0.1) is 23.7 Å². The molecule has 1 atom stereocenters. The maximum absolute atomic E-state index is 12.5. The Hall–Kier alpha value is -0.530. The minimum atomic E-state index is 0.0982. The first-order valence-corrected chi connectivity index (χ1v) is 12.8. The molecule has 0 aromatic carbocycles. The number of unbranched alkanes of at least 4 members (excludes halogenated alkanes) is 5. The number of esters is 1. The fraction of sp³-hybridized carbons (Fsp3) is 0.962. The van der Waals surface area contributed by atoms with Crippen LogP contribution in [-0.2, 0) is 9.53 Å². The highest BCUT2D eigenvalue weighted by atomic mass is 16.5. The molecule has 0 aromatic heterocycles. The van der Waals surface area contributed by atoms with Crippen LogP contribution in [0.5, 0.6) is 0 Å². The monoisotopic (exact) mass is 392 g/mol. The van der Waals surface area contributed by atoms with E-state index in [2.05, 4.69) is 20.8 Å². The van der Waals surface area contributed by atoms with Gasteiger partial charge in [-0.2, -0.15) is 0 Å². The molecule has 2 nitrogen and oxygen atoms in total. The van der Waals surface area contributed by atoms with Gasteiger partial charge in [0.15, 0.2) is 0 Å². The highest BCUT2D eigenvalue weighted by Crippen LogP contribution is 2.42. The van der Waals surface area contributed by atoms with Gasteiger partial charge in [-0.25, -0.2) is 0 Å². The SMILES string of the molecule is CCCCCC[C@@H](C)OC(=O)C1CCC(C2CCC(CCCCC)CC2)CC1. The summed E-state index contributed by atoms with van der Waals surface area (Å²) in [4.78, 5) is 12.5. The highest BCUT2D eigenvalue weighted by molar-refractivity contribution is 5.72. The van der Waals surface area contributed by atoms with Gasteiger partial charge in [-0.15, -0.1) is 0 Å². The lowest BCUT2D eigenvalue weighted by molar-refractivity contribution is -0.155. The number of ether oxygens (including phenoxy) is 1. The summed E-state index contributed by atoms with van der Waals surface area (Å²) >= 11 is 0. The lowest BCUT2D eigenvalue weighted by Crippen LogP contribution is -2.30. The molecular formula is C26H48O2. The molecular weight excluding hydrogens is 344 g/mol. The van der Waals surface area contributed by atoms with Crippen molar-refractivity contribution in [3.8, 4) is 0 Å². The summed E-state index contributed by atoms with van der Waals surface area (Å²) in [6, 6.07) is 0. The van der Waals surface area contributed by atoms with Crippen molar-refractivity contribution in [2.24, 2.45) is 23.7 Å². The van der Waals surface area contributed by atoms with Crippen LogP contribution in [0.25, 0.3) is 0 Å². The normalized spacial score (nSPS) is 29.4. The number of hydrogen-bond donors (Lipinski definition) is 0. The Bertz CT molecular complexity index is 403. The maximum Gasteiger partial charge on any atom is 0.309 e. The molecule has 2 fully saturated rings. The smallest absolute Gasteiger partial charge is 0.309 e. The largest absolute Gasteiger partial charge is 0.462 e. The van der Waals surface area contributed by atoms with Gasteiger partial charge in [0.2, 0.25) is 0 Å². The van der Waals surface area contributed by atoms with Gasteiger partial charge in [0.1, 0.15) is 0 Å². The molecule has 0 heterocycles. The zero-order valence-corrected chi connectivity index (χ0v) is 19.2. The van der Waals surface area contributed by atoms with E-state index < -0.39 is 0 Å². The van der Waals surface area contributed by atoms with E-state index in [9.17, 15) is 4.79 Å². The fourth-order valence-corrected chi connectivity index (χ4v) is 5.67. The Balaban J connectivity index is 1.60. The first-order chi connectivity index (χ1) is 13.6. The number of carbonyl (C=O) groups excluding carboxylic acids is 1. The van der Waals surface area contributed by atoms with E-state index in [4.69, 9.17) is 4.74 Å². The molecule has 0 spiro atoms. The van der Waals surface area contributed by atoms with Gasteiger partial charge in [0.05, 0.1) is 12.0 Å². The van der Waals surface area contributed by atoms with Crippen LogP contribution in [0.1, 0.15) is 130 Å². The molecule has 0 N–H and O–H groups in total. The molecule has 0 aliphatic heterocycles. The Labute approximate surface area is 175 Å². The third kappa shape index (κ3) is 8.46. The zero-order chi connectivity index (χ0) is 20.2. The van der Waals surface area contributed by atoms with Gasteiger partial charge in [0.25, 0.3) is 0 Å². The minimum absolute atomic E-state index is 0.0982. The quantitative estimate of drug-likeness (QED) is 0.248. The summed E-state index contributed by atoms with van der Waals surface area (Å²) in [5.41, 5.74) is 0. The van der Waals surface area contributed by atoms with Crippen LogP contribution in [0.2, 0.25) is 0 Å². The number of hydrogen-bond acceptors (Lipinski definition) is 2. The minimum Gasteiger partial charge on any atom is -0.462 e. The van der Waals surface area contributed by atoms with Gasteiger partial charge in [0, 0.05) is 0 Å². The Morgan fingerprint density at radius 1 is 0.786 bits per heavy atom. The molecule has 164 valence electrons. The maximum atomic E-state index is 12.5. The van der Waals surface area contributed by atoms with E-state index in [-0.39, 0.29) is 18.0 Å². The average molecular weight is 393 g/mol. The molecule has 2 saturated carbocycles. The van der Waals surface area contributed by atoms with Gasteiger partial charge in [-0.05, 0) is 76.0 Å². The zero-order valence-electron chi connectivity index (χ0n) is 19.2. The van der Waals surface area contributed by atoms with Crippen molar-refractivity contribution in [3.63, 3.8) is 0 Å². The highest BCUT2D eigenvalue weighted by Gasteiger charge is 2.33. The van der Waals surface area contributed by atoms with Crippen molar-refractivity contribution in [3.05, 3.63) is 0 Å². The molecule has 0 radical (unpaired) electrons. The molecule has 0 saturated heterocycles. The standard InChI is InChI=1S/C26H48O2/c1-4-6-8-10-11-21(3)28-26(27)25-19-17-24(18-20-25)23-15-13-22(14-16-23)12-9-7-5-2/h21-25H,4-20H2,1-3H3/t21-,22?,23?,24?,25?/m1/s1. The molecule has 0 amide bonds. The summed E-state index contributed by atoms with van der Waals surface area (Å²) < 4.78 is 5.77. The van der Waals surface area contributed by atoms with Crippen molar-refractivity contribution in [1.29, 1.82) is 0 Å². The van der Waals surface area contributed by atoms with Gasteiger partial charge < -0.3 is 4.74 Å². The van der Waals surface area contributed by atoms with Crippen LogP contribution in [0.15, 0.2) is 0 Å². The van der Waals surface area contributed by atoms with Crippen LogP contribution in [0.3, 0.4) is 0 Å². The van der Waals surface area contributed by atoms with E-state index in [1.54, 1.807) is 0 Å². The second-order valence-electron chi connectivity index (χ2n) is 9.99. The third-order valence-corrected chi connectivity index (χ3v) is 7.66. The average Bonchev–Trinajstić information content (AvgIpc) is 2.72. The topological polar surface area (TPSA) is 26.3 Å².